The van der Waals surface area contributed by atoms with Crippen LogP contribution >= 0.6 is 0 Å². The quantitative estimate of drug-likeness (QED) is 0.847. The number of aryl methyl sites for hydroxylation is 2. The number of ether oxygens (including phenoxy) is 1. The van der Waals surface area contributed by atoms with Crippen LogP contribution in [0.4, 0.5) is 0 Å². The van der Waals surface area contributed by atoms with Crippen molar-refractivity contribution in [2.24, 2.45) is 0 Å². The molecule has 3 amide bonds. The molecule has 2 fully saturated rings. The van der Waals surface area contributed by atoms with Gasteiger partial charge in [0.15, 0.2) is 0 Å². The Morgan fingerprint density at radius 1 is 1.15 bits per heavy atom. The second-order valence-corrected chi connectivity index (χ2v) is 7.32. The van der Waals surface area contributed by atoms with Crippen LogP contribution in [-0.2, 0) is 20.8 Å². The summed E-state index contributed by atoms with van der Waals surface area (Å²) in [6, 6.07) is 3.63. The van der Waals surface area contributed by atoms with Gasteiger partial charge in [-0.2, -0.15) is 0 Å². The lowest BCUT2D eigenvalue weighted by Crippen LogP contribution is -2.54. The Balaban J connectivity index is 1.58. The fraction of sp³-hybridized carbons (Fsp3) is 0.550. The highest BCUT2D eigenvalue weighted by molar-refractivity contribution is 5.91. The Hall–Kier alpha value is -2.57. The van der Waals surface area contributed by atoms with E-state index in [1.807, 2.05) is 26.0 Å². The number of carbonyl (C=O) groups excluding carboxylic acids is 3. The number of hydrogen-bond acceptors (Lipinski definition) is 4. The molecule has 2 saturated heterocycles. The summed E-state index contributed by atoms with van der Waals surface area (Å²) in [5.74, 6) is 0.702. The third kappa shape index (κ3) is 4.23. The molecular formula is C20H27N3O4. The predicted molar refractivity (Wildman–Crippen MR) is 100 cm³/mol. The van der Waals surface area contributed by atoms with E-state index >= 15 is 0 Å². The first-order valence-corrected chi connectivity index (χ1v) is 9.39. The number of benzene rings is 1. The lowest BCUT2D eigenvalue weighted by Gasteiger charge is -2.36. The van der Waals surface area contributed by atoms with E-state index in [0.29, 0.717) is 45.4 Å². The van der Waals surface area contributed by atoms with E-state index in [-0.39, 0.29) is 17.7 Å². The van der Waals surface area contributed by atoms with Gasteiger partial charge in [0.05, 0.1) is 13.5 Å². The van der Waals surface area contributed by atoms with Crippen molar-refractivity contribution in [3.05, 3.63) is 28.8 Å². The molecule has 1 aromatic carbocycles. The molecule has 0 spiro atoms. The molecule has 3 rings (SSSR count). The molecule has 1 N–H and O–H groups in total. The molecule has 0 aliphatic carbocycles. The zero-order valence-electron chi connectivity index (χ0n) is 16.2. The molecule has 2 aliphatic rings. The largest absolute Gasteiger partial charge is 0.496 e. The van der Waals surface area contributed by atoms with E-state index < -0.39 is 6.04 Å². The van der Waals surface area contributed by atoms with Gasteiger partial charge in [0, 0.05) is 38.2 Å². The summed E-state index contributed by atoms with van der Waals surface area (Å²) in [5, 5.41) is 2.72. The highest BCUT2D eigenvalue weighted by Crippen LogP contribution is 2.26. The number of hydrogen-bond donors (Lipinski definition) is 1. The number of carbonyl (C=O) groups is 3. The number of amides is 3. The molecule has 0 aromatic heterocycles. The van der Waals surface area contributed by atoms with Gasteiger partial charge in [-0.3, -0.25) is 14.4 Å². The summed E-state index contributed by atoms with van der Waals surface area (Å²) in [4.78, 5) is 40.1. The van der Waals surface area contributed by atoms with Crippen molar-refractivity contribution in [2.45, 2.75) is 39.2 Å². The van der Waals surface area contributed by atoms with Gasteiger partial charge in [0.1, 0.15) is 11.8 Å². The molecule has 0 saturated carbocycles. The van der Waals surface area contributed by atoms with Gasteiger partial charge in [0.2, 0.25) is 17.7 Å². The molecule has 0 radical (unpaired) electrons. The van der Waals surface area contributed by atoms with Crippen LogP contribution in [-0.4, -0.2) is 66.9 Å². The van der Waals surface area contributed by atoms with E-state index in [1.54, 1.807) is 16.9 Å². The minimum Gasteiger partial charge on any atom is -0.496 e. The van der Waals surface area contributed by atoms with Gasteiger partial charge in [0.25, 0.3) is 0 Å². The average Bonchev–Trinajstić information content (AvgIpc) is 3.07. The normalized spacial score (nSPS) is 19.8. The van der Waals surface area contributed by atoms with Crippen LogP contribution in [0.1, 0.15) is 29.5 Å². The van der Waals surface area contributed by atoms with E-state index in [9.17, 15) is 14.4 Å². The Bertz CT molecular complexity index is 754. The molecule has 1 unspecified atom stereocenters. The molecule has 2 heterocycles. The van der Waals surface area contributed by atoms with Crippen LogP contribution in [0.2, 0.25) is 0 Å². The van der Waals surface area contributed by atoms with Gasteiger partial charge in [-0.05, 0) is 25.8 Å². The first kappa shape index (κ1) is 19.2. The SMILES string of the molecule is COc1c(C)cc(C)cc1CC(=O)N1CCN(C(=O)C2CCC(=O)N2)CC1. The smallest absolute Gasteiger partial charge is 0.245 e. The maximum atomic E-state index is 12.7. The van der Waals surface area contributed by atoms with Gasteiger partial charge in [-0.15, -0.1) is 0 Å². The molecule has 146 valence electrons. The van der Waals surface area contributed by atoms with Crippen molar-refractivity contribution in [3.63, 3.8) is 0 Å². The molecule has 7 heteroatoms. The average molecular weight is 373 g/mol. The number of nitrogens with one attached hydrogen (secondary N) is 1. The molecule has 7 nitrogen and oxygen atoms in total. The molecule has 1 aromatic rings. The van der Waals surface area contributed by atoms with E-state index in [0.717, 1.165) is 22.4 Å². The fourth-order valence-electron chi connectivity index (χ4n) is 3.94. The van der Waals surface area contributed by atoms with Crippen molar-refractivity contribution >= 4 is 17.7 Å². The molecule has 1 atom stereocenters. The first-order valence-electron chi connectivity index (χ1n) is 9.39. The van der Waals surface area contributed by atoms with Gasteiger partial charge in [-0.25, -0.2) is 0 Å². The Kier molecular flexibility index (Phi) is 5.68. The van der Waals surface area contributed by atoms with Crippen molar-refractivity contribution in [1.29, 1.82) is 0 Å². The molecule has 2 aliphatic heterocycles. The lowest BCUT2D eigenvalue weighted by molar-refractivity contribution is -0.140. The van der Waals surface area contributed by atoms with Crippen LogP contribution in [0, 0.1) is 13.8 Å². The van der Waals surface area contributed by atoms with Crippen molar-refractivity contribution in [2.75, 3.05) is 33.3 Å². The summed E-state index contributed by atoms with van der Waals surface area (Å²) in [5.41, 5.74) is 3.02. The van der Waals surface area contributed by atoms with Gasteiger partial charge in [-0.1, -0.05) is 17.7 Å². The number of piperazine rings is 1. The minimum atomic E-state index is -0.403. The Labute approximate surface area is 159 Å². The van der Waals surface area contributed by atoms with Crippen LogP contribution in [0.25, 0.3) is 0 Å². The highest BCUT2D eigenvalue weighted by atomic mass is 16.5. The molecule has 0 bridgehead atoms. The fourth-order valence-corrected chi connectivity index (χ4v) is 3.94. The summed E-state index contributed by atoms with van der Waals surface area (Å²) in [6.07, 6.45) is 1.26. The number of nitrogens with zero attached hydrogens (tertiary/aromatic N) is 2. The monoisotopic (exact) mass is 373 g/mol. The van der Waals surface area contributed by atoms with Gasteiger partial charge < -0.3 is 19.9 Å². The lowest BCUT2D eigenvalue weighted by atomic mass is 10.0. The summed E-state index contributed by atoms with van der Waals surface area (Å²) in [7, 11) is 1.62. The second-order valence-electron chi connectivity index (χ2n) is 7.32. The number of rotatable bonds is 4. The van der Waals surface area contributed by atoms with Crippen LogP contribution in [0.5, 0.6) is 5.75 Å². The van der Waals surface area contributed by atoms with Crippen molar-refractivity contribution in [1.82, 2.24) is 15.1 Å². The highest BCUT2D eigenvalue weighted by Gasteiger charge is 2.33. The van der Waals surface area contributed by atoms with Crippen molar-refractivity contribution < 1.29 is 19.1 Å². The first-order chi connectivity index (χ1) is 12.9. The predicted octanol–water partition coefficient (Wildman–Crippen LogP) is 0.804. The summed E-state index contributed by atoms with van der Waals surface area (Å²) in [6.45, 7) is 6.01. The summed E-state index contributed by atoms with van der Waals surface area (Å²) < 4.78 is 5.48. The molecular weight excluding hydrogens is 346 g/mol. The van der Waals surface area contributed by atoms with E-state index in [4.69, 9.17) is 4.74 Å². The van der Waals surface area contributed by atoms with Crippen LogP contribution in [0.15, 0.2) is 12.1 Å². The topological polar surface area (TPSA) is 79.0 Å². The number of methoxy groups -OCH3 is 1. The maximum absolute atomic E-state index is 12.7. The van der Waals surface area contributed by atoms with Crippen LogP contribution < -0.4 is 10.1 Å². The Morgan fingerprint density at radius 2 is 1.81 bits per heavy atom. The van der Waals surface area contributed by atoms with Crippen molar-refractivity contribution in [3.8, 4) is 5.75 Å². The standard InChI is InChI=1S/C20H27N3O4/c1-13-10-14(2)19(27-3)15(11-13)12-18(25)22-6-8-23(9-7-22)20(26)16-4-5-17(24)21-16/h10-11,16H,4-9,12H2,1-3H3,(H,21,24). The van der Waals surface area contributed by atoms with Crippen LogP contribution in [0.3, 0.4) is 0 Å². The zero-order chi connectivity index (χ0) is 19.6. The minimum absolute atomic E-state index is 0.0380. The van der Waals surface area contributed by atoms with Gasteiger partial charge >= 0.3 is 0 Å². The third-order valence-corrected chi connectivity index (χ3v) is 5.28. The summed E-state index contributed by atoms with van der Waals surface area (Å²) >= 11 is 0. The zero-order valence-corrected chi connectivity index (χ0v) is 16.2. The third-order valence-electron chi connectivity index (χ3n) is 5.28. The molecule has 27 heavy (non-hydrogen) atoms. The Morgan fingerprint density at radius 3 is 2.41 bits per heavy atom. The van der Waals surface area contributed by atoms with E-state index in [2.05, 4.69) is 5.32 Å². The maximum Gasteiger partial charge on any atom is 0.245 e. The second kappa shape index (κ2) is 7.98. The van der Waals surface area contributed by atoms with E-state index in [1.165, 1.54) is 0 Å².